The summed E-state index contributed by atoms with van der Waals surface area (Å²) >= 11 is 5.84. The van der Waals surface area contributed by atoms with Crippen LogP contribution in [0, 0.1) is 11.8 Å². The Labute approximate surface area is 116 Å². The number of hydrogen-bond acceptors (Lipinski definition) is 2. The first-order valence-corrected chi connectivity index (χ1v) is 6.07. The highest BCUT2D eigenvalue weighted by molar-refractivity contribution is 6.30. The molecule has 2 rings (SSSR count). The van der Waals surface area contributed by atoms with Crippen molar-refractivity contribution in [3.05, 3.63) is 64.7 Å². The van der Waals surface area contributed by atoms with Crippen LogP contribution >= 0.6 is 11.6 Å². The Hall–Kier alpha value is -2.33. The van der Waals surface area contributed by atoms with Gasteiger partial charge in [-0.15, -0.1) is 0 Å². The van der Waals surface area contributed by atoms with E-state index in [0.29, 0.717) is 22.7 Å². The maximum atomic E-state index is 10.4. The van der Waals surface area contributed by atoms with Crippen LogP contribution in [-0.4, -0.2) is 6.08 Å². The van der Waals surface area contributed by atoms with Gasteiger partial charge < -0.3 is 0 Å². The van der Waals surface area contributed by atoms with Gasteiger partial charge in [-0.2, -0.15) is 4.99 Å². The van der Waals surface area contributed by atoms with Crippen LogP contribution in [0.5, 0.6) is 0 Å². The molecule has 0 aliphatic rings. The minimum atomic E-state index is 0.447. The van der Waals surface area contributed by atoms with E-state index in [1.165, 1.54) is 6.08 Å². The Balaban J connectivity index is 2.22. The van der Waals surface area contributed by atoms with Gasteiger partial charge in [0.05, 0.1) is 11.3 Å². The molecule has 0 aliphatic carbocycles. The molecular formula is C16H10ClNO. The molecule has 2 aromatic rings. The maximum absolute atomic E-state index is 10.4. The number of aliphatic imine (C=N–C) groups is 1. The molecule has 0 heterocycles. The second-order valence-corrected chi connectivity index (χ2v) is 4.27. The summed E-state index contributed by atoms with van der Waals surface area (Å²) in [6.07, 6.45) is 2.15. The number of halogens is 1. The van der Waals surface area contributed by atoms with Crippen LogP contribution in [0.1, 0.15) is 11.1 Å². The van der Waals surface area contributed by atoms with Gasteiger partial charge >= 0.3 is 0 Å². The van der Waals surface area contributed by atoms with Crippen LogP contribution in [0.15, 0.2) is 53.5 Å². The lowest BCUT2D eigenvalue weighted by molar-refractivity contribution is 0.565. The smallest absolute Gasteiger partial charge is 0.211 e. The molecule has 0 amide bonds. The van der Waals surface area contributed by atoms with Gasteiger partial charge in [0.25, 0.3) is 0 Å². The predicted molar refractivity (Wildman–Crippen MR) is 76.3 cm³/mol. The van der Waals surface area contributed by atoms with Gasteiger partial charge in [0.15, 0.2) is 0 Å². The lowest BCUT2D eigenvalue weighted by atomic mass is 10.1. The first-order valence-electron chi connectivity index (χ1n) is 5.70. The monoisotopic (exact) mass is 267 g/mol. The van der Waals surface area contributed by atoms with Crippen LogP contribution in [-0.2, 0) is 11.2 Å². The van der Waals surface area contributed by atoms with Crippen LogP contribution in [0.25, 0.3) is 0 Å². The summed E-state index contributed by atoms with van der Waals surface area (Å²) in [6, 6.07) is 15.0. The van der Waals surface area contributed by atoms with Crippen molar-refractivity contribution in [1.82, 2.24) is 0 Å². The van der Waals surface area contributed by atoms with Crippen molar-refractivity contribution < 1.29 is 4.79 Å². The Morgan fingerprint density at radius 3 is 2.63 bits per heavy atom. The molecule has 0 unspecified atom stereocenters. The average molecular weight is 268 g/mol. The SMILES string of the molecule is O=C=Nc1cc(Cl)ccc1C#CCc1ccccc1. The van der Waals surface area contributed by atoms with Gasteiger partial charge in [0.2, 0.25) is 6.08 Å². The molecule has 0 radical (unpaired) electrons. The van der Waals surface area contributed by atoms with Crippen LogP contribution < -0.4 is 0 Å². The minimum Gasteiger partial charge on any atom is -0.211 e. The van der Waals surface area contributed by atoms with E-state index in [1.54, 1.807) is 18.2 Å². The molecular weight excluding hydrogens is 258 g/mol. The highest BCUT2D eigenvalue weighted by atomic mass is 35.5. The summed E-state index contributed by atoms with van der Waals surface area (Å²) in [7, 11) is 0. The van der Waals surface area contributed by atoms with Gasteiger partial charge in [-0.1, -0.05) is 53.8 Å². The molecule has 0 aliphatic heterocycles. The largest absolute Gasteiger partial charge is 0.240 e. The molecule has 0 atom stereocenters. The van der Waals surface area contributed by atoms with Gasteiger partial charge in [0.1, 0.15) is 0 Å². The molecule has 0 aromatic heterocycles. The van der Waals surface area contributed by atoms with Crippen molar-refractivity contribution in [1.29, 1.82) is 0 Å². The summed E-state index contributed by atoms with van der Waals surface area (Å²) in [5.41, 5.74) is 2.26. The summed E-state index contributed by atoms with van der Waals surface area (Å²) in [5.74, 6) is 6.05. The average Bonchev–Trinajstić information content (AvgIpc) is 2.43. The highest BCUT2D eigenvalue weighted by Crippen LogP contribution is 2.22. The van der Waals surface area contributed by atoms with E-state index in [2.05, 4.69) is 16.8 Å². The Kier molecular flexibility index (Phi) is 4.53. The van der Waals surface area contributed by atoms with Gasteiger partial charge in [-0.25, -0.2) is 4.79 Å². The molecule has 3 heteroatoms. The Morgan fingerprint density at radius 2 is 1.89 bits per heavy atom. The molecule has 0 saturated heterocycles. The van der Waals surface area contributed by atoms with E-state index in [1.807, 2.05) is 30.3 Å². The Morgan fingerprint density at radius 1 is 1.11 bits per heavy atom. The second-order valence-electron chi connectivity index (χ2n) is 3.83. The van der Waals surface area contributed by atoms with Crippen molar-refractivity contribution in [2.45, 2.75) is 6.42 Å². The highest BCUT2D eigenvalue weighted by Gasteiger charge is 1.99. The van der Waals surface area contributed by atoms with Crippen molar-refractivity contribution in [2.24, 2.45) is 4.99 Å². The number of isocyanates is 1. The predicted octanol–water partition coefficient (Wildman–Crippen LogP) is 3.90. The fraction of sp³-hybridized carbons (Fsp3) is 0.0625. The molecule has 0 saturated carbocycles. The van der Waals surface area contributed by atoms with Crippen molar-refractivity contribution in [2.75, 3.05) is 0 Å². The molecule has 0 N–H and O–H groups in total. The van der Waals surface area contributed by atoms with E-state index in [4.69, 9.17) is 11.6 Å². The zero-order valence-electron chi connectivity index (χ0n) is 10.1. The van der Waals surface area contributed by atoms with E-state index >= 15 is 0 Å². The topological polar surface area (TPSA) is 29.4 Å². The Bertz CT molecular complexity index is 677. The fourth-order valence-electron chi connectivity index (χ4n) is 1.59. The zero-order chi connectivity index (χ0) is 13.5. The first-order chi connectivity index (χ1) is 9.29. The molecule has 2 aromatic carbocycles. The second kappa shape index (κ2) is 6.56. The lowest BCUT2D eigenvalue weighted by Crippen LogP contribution is -1.81. The molecule has 19 heavy (non-hydrogen) atoms. The normalized spacial score (nSPS) is 9.11. The number of hydrogen-bond donors (Lipinski definition) is 0. The van der Waals surface area contributed by atoms with Gasteiger partial charge in [0, 0.05) is 11.4 Å². The number of rotatable bonds is 2. The fourth-order valence-corrected chi connectivity index (χ4v) is 1.76. The van der Waals surface area contributed by atoms with E-state index in [-0.39, 0.29) is 0 Å². The van der Waals surface area contributed by atoms with E-state index in [9.17, 15) is 4.79 Å². The summed E-state index contributed by atoms with van der Waals surface area (Å²) < 4.78 is 0. The molecule has 0 spiro atoms. The van der Waals surface area contributed by atoms with Crippen molar-refractivity contribution in [3.8, 4) is 11.8 Å². The lowest BCUT2D eigenvalue weighted by Gasteiger charge is -1.97. The third-order valence-corrected chi connectivity index (χ3v) is 2.72. The van der Waals surface area contributed by atoms with E-state index in [0.717, 1.165) is 5.56 Å². The third-order valence-electron chi connectivity index (χ3n) is 2.48. The molecule has 2 nitrogen and oxygen atoms in total. The first kappa shape index (κ1) is 13.1. The maximum Gasteiger partial charge on any atom is 0.240 e. The quantitative estimate of drug-likeness (QED) is 0.461. The number of benzene rings is 2. The van der Waals surface area contributed by atoms with E-state index < -0.39 is 0 Å². The summed E-state index contributed by atoms with van der Waals surface area (Å²) in [4.78, 5) is 14.0. The van der Waals surface area contributed by atoms with Crippen LogP contribution in [0.4, 0.5) is 5.69 Å². The van der Waals surface area contributed by atoms with Gasteiger partial charge in [-0.3, -0.25) is 0 Å². The standard InChI is InChI=1S/C16H10ClNO/c17-15-10-9-14(16(11-15)18-12-19)8-4-7-13-5-2-1-3-6-13/h1-3,5-6,9-11H,7H2. The van der Waals surface area contributed by atoms with Gasteiger partial charge in [-0.05, 0) is 23.8 Å². The summed E-state index contributed by atoms with van der Waals surface area (Å²) in [5, 5.41) is 0.516. The number of nitrogens with zero attached hydrogens (tertiary/aromatic N) is 1. The zero-order valence-corrected chi connectivity index (χ0v) is 10.8. The molecule has 92 valence electrons. The summed E-state index contributed by atoms with van der Waals surface area (Å²) in [6.45, 7) is 0. The molecule has 0 bridgehead atoms. The third kappa shape index (κ3) is 3.82. The van der Waals surface area contributed by atoms with Crippen molar-refractivity contribution >= 4 is 23.4 Å². The van der Waals surface area contributed by atoms with Crippen LogP contribution in [0.3, 0.4) is 0 Å². The van der Waals surface area contributed by atoms with Crippen LogP contribution in [0.2, 0.25) is 5.02 Å². The van der Waals surface area contributed by atoms with Crippen molar-refractivity contribution in [3.63, 3.8) is 0 Å². The minimum absolute atomic E-state index is 0.447. The molecule has 0 fully saturated rings. The number of carbonyl (C=O) groups excluding carboxylic acids is 1.